The van der Waals surface area contributed by atoms with Crippen LogP contribution >= 0.6 is 21.6 Å². The molecule has 6 heteroatoms. The monoisotopic (exact) mass is 425 g/mol. The second-order valence-corrected chi connectivity index (χ2v) is 10.3. The molecule has 0 radical (unpaired) electrons. The Morgan fingerprint density at radius 2 is 1.97 bits per heavy atom. The largest absolute Gasteiger partial charge is 0.346 e. The van der Waals surface area contributed by atoms with Gasteiger partial charge in [0.1, 0.15) is 5.82 Å². The number of unbranched alkanes of at least 4 members (excludes halogenated alkanes) is 1. The summed E-state index contributed by atoms with van der Waals surface area (Å²) in [6, 6.07) is 18.1. The van der Waals surface area contributed by atoms with Gasteiger partial charge in [-0.05, 0) is 43.4 Å². The molecule has 1 saturated heterocycles. The minimum Gasteiger partial charge on any atom is -0.346 e. The lowest BCUT2D eigenvalue weighted by Gasteiger charge is -2.17. The summed E-state index contributed by atoms with van der Waals surface area (Å²) in [4.78, 5) is 20.8. The average Bonchev–Trinajstić information content (AvgIpc) is 3.41. The Hall–Kier alpha value is -1.92. The maximum Gasteiger partial charge on any atom is 0.220 e. The van der Waals surface area contributed by atoms with Crippen molar-refractivity contribution in [2.45, 2.75) is 49.8 Å². The highest BCUT2D eigenvalue weighted by atomic mass is 33.1. The molecule has 1 aliphatic heterocycles. The molecule has 1 aromatic heterocycles. The van der Waals surface area contributed by atoms with Gasteiger partial charge in [-0.15, -0.1) is 0 Å². The van der Waals surface area contributed by atoms with Crippen molar-refractivity contribution in [1.82, 2.24) is 15.3 Å². The summed E-state index contributed by atoms with van der Waals surface area (Å²) >= 11 is 0. The van der Waals surface area contributed by atoms with E-state index in [0.29, 0.717) is 6.42 Å². The van der Waals surface area contributed by atoms with Gasteiger partial charge in [-0.25, -0.2) is 4.98 Å². The Bertz CT molecular complexity index is 889. The first-order chi connectivity index (χ1) is 14.3. The van der Waals surface area contributed by atoms with Crippen LogP contribution in [-0.4, -0.2) is 26.9 Å². The lowest BCUT2D eigenvalue weighted by Crippen LogP contribution is -2.30. The molecule has 0 saturated carbocycles. The fraction of sp³-hybridized carbons (Fsp3) is 0.391. The standard InChI is InChI=1S/C23H27N3OS2/c27-22(13-7-4-10-18-14-15-28-29-18)24-21(16-17-8-2-1-3-9-17)23-25-19-11-5-6-12-20(19)26-23/h1-3,5-6,8-9,11-12,18,21H,4,7,10,13-16H2,(H,24,27)(H,25,26)/t18-,21+/m0/s1. The number of imidazole rings is 1. The number of fused-ring (bicyclic) bond motifs is 1. The van der Waals surface area contributed by atoms with E-state index in [4.69, 9.17) is 4.98 Å². The number of benzene rings is 2. The first kappa shape index (κ1) is 20.4. The molecule has 4 nitrogen and oxygen atoms in total. The first-order valence-corrected chi connectivity index (χ1v) is 12.7. The van der Waals surface area contributed by atoms with E-state index >= 15 is 0 Å². The van der Waals surface area contributed by atoms with Gasteiger partial charge in [-0.3, -0.25) is 4.79 Å². The van der Waals surface area contributed by atoms with Gasteiger partial charge >= 0.3 is 0 Å². The molecular formula is C23H27N3OS2. The molecule has 1 aliphatic rings. The molecule has 2 heterocycles. The molecule has 152 valence electrons. The predicted octanol–water partition coefficient (Wildman–Crippen LogP) is 5.68. The zero-order valence-corrected chi connectivity index (χ0v) is 18.1. The van der Waals surface area contributed by atoms with E-state index in [-0.39, 0.29) is 11.9 Å². The molecule has 3 aromatic rings. The number of aromatic nitrogens is 2. The number of carbonyl (C=O) groups excluding carboxylic acids is 1. The molecule has 1 amide bonds. The predicted molar refractivity (Wildman–Crippen MR) is 124 cm³/mol. The van der Waals surface area contributed by atoms with E-state index < -0.39 is 0 Å². The van der Waals surface area contributed by atoms with E-state index in [1.807, 2.05) is 64.1 Å². The third-order valence-corrected chi connectivity index (χ3v) is 8.27. The Morgan fingerprint density at radius 1 is 1.14 bits per heavy atom. The highest BCUT2D eigenvalue weighted by molar-refractivity contribution is 8.77. The van der Waals surface area contributed by atoms with Gasteiger partial charge in [0, 0.05) is 17.4 Å². The number of amides is 1. The summed E-state index contributed by atoms with van der Waals surface area (Å²) < 4.78 is 0. The second kappa shape index (κ2) is 10.2. The summed E-state index contributed by atoms with van der Waals surface area (Å²) in [5.74, 6) is 2.21. The van der Waals surface area contributed by atoms with Crippen molar-refractivity contribution >= 4 is 38.5 Å². The van der Waals surface area contributed by atoms with Crippen molar-refractivity contribution in [3.63, 3.8) is 0 Å². The van der Waals surface area contributed by atoms with Crippen LogP contribution in [0.4, 0.5) is 0 Å². The van der Waals surface area contributed by atoms with Crippen LogP contribution in [0.5, 0.6) is 0 Å². The van der Waals surface area contributed by atoms with Crippen molar-refractivity contribution in [3.8, 4) is 0 Å². The maximum atomic E-state index is 12.7. The van der Waals surface area contributed by atoms with Crippen LogP contribution in [0.2, 0.25) is 0 Å². The van der Waals surface area contributed by atoms with E-state index in [0.717, 1.165) is 41.4 Å². The van der Waals surface area contributed by atoms with Gasteiger partial charge in [0.05, 0.1) is 17.1 Å². The smallest absolute Gasteiger partial charge is 0.220 e. The Morgan fingerprint density at radius 3 is 2.76 bits per heavy atom. The van der Waals surface area contributed by atoms with Gasteiger partial charge in [0.2, 0.25) is 5.91 Å². The fourth-order valence-corrected chi connectivity index (χ4v) is 6.72. The van der Waals surface area contributed by atoms with Gasteiger partial charge in [0.25, 0.3) is 0 Å². The number of hydrogen-bond donors (Lipinski definition) is 2. The van der Waals surface area contributed by atoms with Crippen molar-refractivity contribution < 1.29 is 4.79 Å². The zero-order valence-electron chi connectivity index (χ0n) is 16.5. The van der Waals surface area contributed by atoms with Crippen molar-refractivity contribution in [3.05, 3.63) is 66.0 Å². The highest BCUT2D eigenvalue weighted by Crippen LogP contribution is 2.39. The zero-order chi connectivity index (χ0) is 19.9. The molecule has 2 atom stereocenters. The van der Waals surface area contributed by atoms with Crippen molar-refractivity contribution in [1.29, 1.82) is 0 Å². The number of H-pyrrole nitrogens is 1. The Balaban J connectivity index is 1.38. The third kappa shape index (κ3) is 5.80. The van der Waals surface area contributed by atoms with E-state index in [2.05, 4.69) is 22.4 Å². The lowest BCUT2D eigenvalue weighted by atomic mass is 10.0. The third-order valence-electron chi connectivity index (χ3n) is 5.26. The number of carbonyl (C=O) groups is 1. The quantitative estimate of drug-likeness (QED) is 0.342. The molecule has 0 bridgehead atoms. The van der Waals surface area contributed by atoms with E-state index in [9.17, 15) is 4.79 Å². The second-order valence-electron chi connectivity index (χ2n) is 7.52. The number of nitrogens with one attached hydrogen (secondary N) is 2. The molecule has 2 N–H and O–H groups in total. The average molecular weight is 426 g/mol. The summed E-state index contributed by atoms with van der Waals surface area (Å²) in [7, 11) is 4.00. The van der Waals surface area contributed by atoms with Crippen LogP contribution in [0.3, 0.4) is 0 Å². The number of nitrogens with zero attached hydrogens (tertiary/aromatic N) is 1. The molecule has 0 spiro atoms. The molecule has 29 heavy (non-hydrogen) atoms. The molecule has 1 fully saturated rings. The minimum atomic E-state index is -0.154. The number of para-hydroxylation sites is 2. The van der Waals surface area contributed by atoms with Crippen LogP contribution < -0.4 is 5.32 Å². The number of rotatable bonds is 9. The van der Waals surface area contributed by atoms with Crippen LogP contribution in [-0.2, 0) is 11.2 Å². The lowest BCUT2D eigenvalue weighted by molar-refractivity contribution is -0.122. The maximum absolute atomic E-state index is 12.7. The van der Waals surface area contributed by atoms with Crippen LogP contribution in [0.15, 0.2) is 54.6 Å². The minimum absolute atomic E-state index is 0.111. The molecule has 0 unspecified atom stereocenters. The summed E-state index contributed by atoms with van der Waals surface area (Å²) in [6.07, 6.45) is 5.92. The summed E-state index contributed by atoms with van der Waals surface area (Å²) in [5.41, 5.74) is 3.12. The highest BCUT2D eigenvalue weighted by Gasteiger charge is 2.20. The van der Waals surface area contributed by atoms with E-state index in [1.54, 1.807) is 0 Å². The number of aromatic amines is 1. The van der Waals surface area contributed by atoms with Crippen LogP contribution in [0.1, 0.15) is 49.5 Å². The first-order valence-electron chi connectivity index (χ1n) is 10.3. The van der Waals surface area contributed by atoms with E-state index in [1.165, 1.54) is 24.2 Å². The molecule has 2 aromatic carbocycles. The van der Waals surface area contributed by atoms with Crippen molar-refractivity contribution in [2.24, 2.45) is 0 Å². The topological polar surface area (TPSA) is 57.8 Å². The van der Waals surface area contributed by atoms with Crippen molar-refractivity contribution in [2.75, 3.05) is 5.75 Å². The summed E-state index contributed by atoms with van der Waals surface area (Å²) in [5, 5.41) is 4.01. The van der Waals surface area contributed by atoms with Crippen LogP contribution in [0.25, 0.3) is 11.0 Å². The Labute approximate surface area is 180 Å². The number of hydrogen-bond acceptors (Lipinski definition) is 4. The molecular weight excluding hydrogens is 398 g/mol. The van der Waals surface area contributed by atoms with Gasteiger partial charge in [-0.1, -0.05) is 70.5 Å². The molecule has 4 rings (SSSR count). The van der Waals surface area contributed by atoms with Gasteiger partial charge in [-0.2, -0.15) is 0 Å². The summed E-state index contributed by atoms with van der Waals surface area (Å²) in [6.45, 7) is 0. The van der Waals surface area contributed by atoms with Gasteiger partial charge in [0.15, 0.2) is 0 Å². The molecule has 0 aliphatic carbocycles. The fourth-order valence-electron chi connectivity index (χ4n) is 3.69. The Kier molecular flexibility index (Phi) is 7.17. The SMILES string of the molecule is O=C(CCCC[C@H]1CCSS1)N[C@H](Cc1ccccc1)c1nc2ccccc2[nH]1. The van der Waals surface area contributed by atoms with Crippen LogP contribution in [0, 0.1) is 0 Å². The normalized spacial score (nSPS) is 17.4. The van der Waals surface area contributed by atoms with Gasteiger partial charge < -0.3 is 10.3 Å².